The summed E-state index contributed by atoms with van der Waals surface area (Å²) in [4.78, 5) is 11.3. The van der Waals surface area contributed by atoms with E-state index in [-0.39, 0.29) is 12.5 Å². The second-order valence-corrected chi connectivity index (χ2v) is 4.65. The predicted molar refractivity (Wildman–Crippen MR) is 61.4 cm³/mol. The summed E-state index contributed by atoms with van der Waals surface area (Å²) < 4.78 is 0. The molecule has 0 atom stereocenters. The number of aliphatic hydroxyl groups excluding tert-OH is 1. The SMILES string of the molecule is CC(C)(N)CC(=O)NCCCCCCO. The van der Waals surface area contributed by atoms with Crippen LogP contribution in [0.25, 0.3) is 0 Å². The highest BCUT2D eigenvalue weighted by Gasteiger charge is 2.15. The Kier molecular flexibility index (Phi) is 7.34. The smallest absolute Gasteiger partial charge is 0.221 e. The van der Waals surface area contributed by atoms with Gasteiger partial charge in [-0.05, 0) is 26.7 Å². The third kappa shape index (κ3) is 11.3. The van der Waals surface area contributed by atoms with E-state index in [0.29, 0.717) is 13.0 Å². The average Bonchev–Trinajstić information content (AvgIpc) is 2.08. The summed E-state index contributed by atoms with van der Waals surface area (Å²) in [6.07, 6.45) is 4.26. The molecule has 0 heterocycles. The minimum atomic E-state index is -0.430. The lowest BCUT2D eigenvalue weighted by Gasteiger charge is -2.17. The number of amides is 1. The van der Waals surface area contributed by atoms with Crippen LogP contribution in [0.4, 0.5) is 0 Å². The monoisotopic (exact) mass is 216 g/mol. The van der Waals surface area contributed by atoms with Crippen LogP contribution in [0.15, 0.2) is 0 Å². The van der Waals surface area contributed by atoms with E-state index in [1.54, 1.807) is 0 Å². The van der Waals surface area contributed by atoms with Gasteiger partial charge in [0.2, 0.25) is 5.91 Å². The molecule has 0 bridgehead atoms. The number of hydrogen-bond acceptors (Lipinski definition) is 3. The fourth-order valence-electron chi connectivity index (χ4n) is 1.29. The van der Waals surface area contributed by atoms with E-state index in [9.17, 15) is 4.79 Å². The molecule has 15 heavy (non-hydrogen) atoms. The lowest BCUT2D eigenvalue weighted by molar-refractivity contribution is -0.122. The first-order valence-electron chi connectivity index (χ1n) is 5.62. The maximum atomic E-state index is 11.3. The minimum Gasteiger partial charge on any atom is -0.396 e. The Hall–Kier alpha value is -0.610. The maximum Gasteiger partial charge on any atom is 0.221 e. The van der Waals surface area contributed by atoms with Gasteiger partial charge in [0.25, 0.3) is 0 Å². The lowest BCUT2D eigenvalue weighted by atomic mass is 10.0. The zero-order valence-electron chi connectivity index (χ0n) is 9.88. The summed E-state index contributed by atoms with van der Waals surface area (Å²) in [5.74, 6) is 0.0182. The molecule has 0 radical (unpaired) electrons. The van der Waals surface area contributed by atoms with Crippen molar-refractivity contribution in [3.8, 4) is 0 Å². The number of nitrogens with two attached hydrogens (primary N) is 1. The number of hydrogen-bond donors (Lipinski definition) is 3. The van der Waals surface area contributed by atoms with Crippen molar-refractivity contribution in [1.29, 1.82) is 0 Å². The molecule has 0 aliphatic heterocycles. The molecular weight excluding hydrogens is 192 g/mol. The van der Waals surface area contributed by atoms with Gasteiger partial charge in [0.05, 0.1) is 0 Å². The van der Waals surface area contributed by atoms with Crippen molar-refractivity contribution in [2.75, 3.05) is 13.2 Å². The summed E-state index contributed by atoms with van der Waals surface area (Å²) in [6.45, 7) is 4.65. The summed E-state index contributed by atoms with van der Waals surface area (Å²) in [5, 5.41) is 11.4. The summed E-state index contributed by atoms with van der Waals surface area (Å²) in [6, 6.07) is 0. The molecule has 4 N–H and O–H groups in total. The van der Waals surface area contributed by atoms with Crippen LogP contribution in [0, 0.1) is 0 Å². The molecular formula is C11H24N2O2. The van der Waals surface area contributed by atoms with E-state index in [1.807, 2.05) is 13.8 Å². The zero-order chi connectivity index (χ0) is 11.7. The van der Waals surface area contributed by atoms with Crippen molar-refractivity contribution in [3.63, 3.8) is 0 Å². The Labute approximate surface area is 92.2 Å². The van der Waals surface area contributed by atoms with Crippen molar-refractivity contribution < 1.29 is 9.90 Å². The molecule has 0 aliphatic rings. The van der Waals surface area contributed by atoms with E-state index in [2.05, 4.69) is 5.32 Å². The van der Waals surface area contributed by atoms with Crippen LogP contribution in [-0.2, 0) is 4.79 Å². The van der Waals surface area contributed by atoms with Gasteiger partial charge < -0.3 is 16.2 Å². The maximum absolute atomic E-state index is 11.3. The van der Waals surface area contributed by atoms with Gasteiger partial charge in [-0.1, -0.05) is 12.8 Å². The first-order valence-corrected chi connectivity index (χ1v) is 5.62. The van der Waals surface area contributed by atoms with Crippen LogP contribution >= 0.6 is 0 Å². The third-order valence-electron chi connectivity index (χ3n) is 2.02. The van der Waals surface area contributed by atoms with Crippen molar-refractivity contribution in [1.82, 2.24) is 5.32 Å². The molecule has 90 valence electrons. The van der Waals surface area contributed by atoms with Crippen molar-refractivity contribution >= 4 is 5.91 Å². The highest BCUT2D eigenvalue weighted by molar-refractivity contribution is 5.76. The van der Waals surface area contributed by atoms with Crippen LogP contribution in [0.1, 0.15) is 46.0 Å². The Balaban J connectivity index is 3.32. The molecule has 0 spiro atoms. The summed E-state index contributed by atoms with van der Waals surface area (Å²) in [5.41, 5.74) is 5.29. The second kappa shape index (κ2) is 7.65. The predicted octanol–water partition coefficient (Wildman–Crippen LogP) is 0.783. The van der Waals surface area contributed by atoms with Gasteiger partial charge in [0.15, 0.2) is 0 Å². The van der Waals surface area contributed by atoms with Crippen molar-refractivity contribution in [2.24, 2.45) is 5.73 Å². The Morgan fingerprint density at radius 3 is 2.40 bits per heavy atom. The molecule has 0 saturated carbocycles. The Morgan fingerprint density at radius 2 is 1.87 bits per heavy atom. The summed E-state index contributed by atoms with van der Waals surface area (Å²) in [7, 11) is 0. The van der Waals surface area contributed by atoms with E-state index in [4.69, 9.17) is 10.8 Å². The van der Waals surface area contributed by atoms with Gasteiger partial charge >= 0.3 is 0 Å². The van der Waals surface area contributed by atoms with Crippen LogP contribution in [0.3, 0.4) is 0 Å². The molecule has 4 heteroatoms. The second-order valence-electron chi connectivity index (χ2n) is 4.65. The highest BCUT2D eigenvalue weighted by Crippen LogP contribution is 2.03. The summed E-state index contributed by atoms with van der Waals surface area (Å²) >= 11 is 0. The van der Waals surface area contributed by atoms with Crippen LogP contribution < -0.4 is 11.1 Å². The van der Waals surface area contributed by atoms with Gasteiger partial charge in [-0.3, -0.25) is 4.79 Å². The zero-order valence-corrected chi connectivity index (χ0v) is 9.88. The number of aliphatic hydroxyl groups is 1. The Morgan fingerprint density at radius 1 is 1.27 bits per heavy atom. The molecule has 0 unspecified atom stereocenters. The normalized spacial score (nSPS) is 11.5. The molecule has 1 amide bonds. The Bertz CT molecular complexity index is 176. The van der Waals surface area contributed by atoms with Gasteiger partial charge in [-0.2, -0.15) is 0 Å². The van der Waals surface area contributed by atoms with Crippen LogP contribution in [0.5, 0.6) is 0 Å². The molecule has 0 fully saturated rings. The quantitative estimate of drug-likeness (QED) is 0.525. The topological polar surface area (TPSA) is 75.4 Å². The molecule has 0 aliphatic carbocycles. The molecule has 0 aromatic heterocycles. The van der Waals surface area contributed by atoms with E-state index in [0.717, 1.165) is 25.7 Å². The largest absolute Gasteiger partial charge is 0.396 e. The molecule has 0 rings (SSSR count). The third-order valence-corrected chi connectivity index (χ3v) is 2.02. The number of rotatable bonds is 8. The molecule has 4 nitrogen and oxygen atoms in total. The molecule has 0 aromatic carbocycles. The first kappa shape index (κ1) is 14.4. The van der Waals surface area contributed by atoms with Crippen LogP contribution in [0.2, 0.25) is 0 Å². The first-order chi connectivity index (χ1) is 6.95. The minimum absolute atomic E-state index is 0.0182. The lowest BCUT2D eigenvalue weighted by Crippen LogP contribution is -2.39. The highest BCUT2D eigenvalue weighted by atomic mass is 16.2. The van der Waals surface area contributed by atoms with Crippen molar-refractivity contribution in [3.05, 3.63) is 0 Å². The molecule has 0 saturated heterocycles. The number of carbonyl (C=O) groups is 1. The fourth-order valence-corrected chi connectivity index (χ4v) is 1.29. The average molecular weight is 216 g/mol. The standard InChI is InChI=1S/C11H24N2O2/c1-11(2,12)9-10(15)13-7-5-3-4-6-8-14/h14H,3-9,12H2,1-2H3,(H,13,15). The number of unbranched alkanes of at least 4 members (excludes halogenated alkanes) is 3. The number of carbonyl (C=O) groups excluding carboxylic acids is 1. The van der Waals surface area contributed by atoms with Gasteiger partial charge in [-0.25, -0.2) is 0 Å². The van der Waals surface area contributed by atoms with E-state index >= 15 is 0 Å². The van der Waals surface area contributed by atoms with Gasteiger partial charge in [-0.15, -0.1) is 0 Å². The van der Waals surface area contributed by atoms with Gasteiger partial charge in [0, 0.05) is 25.1 Å². The van der Waals surface area contributed by atoms with E-state index in [1.165, 1.54) is 0 Å². The van der Waals surface area contributed by atoms with E-state index < -0.39 is 5.54 Å². The number of nitrogens with one attached hydrogen (secondary N) is 1. The van der Waals surface area contributed by atoms with Gasteiger partial charge in [0.1, 0.15) is 0 Å². The fraction of sp³-hybridized carbons (Fsp3) is 0.909. The van der Waals surface area contributed by atoms with Crippen molar-refractivity contribution in [2.45, 2.75) is 51.5 Å². The van der Waals surface area contributed by atoms with Crippen LogP contribution in [-0.4, -0.2) is 29.7 Å². The molecule has 0 aromatic rings.